The number of H-pyrrole nitrogens is 1. The lowest BCUT2D eigenvalue weighted by molar-refractivity contribution is -0.129. The number of aromatic amines is 1. The summed E-state index contributed by atoms with van der Waals surface area (Å²) >= 11 is 0. The van der Waals surface area contributed by atoms with Crippen molar-refractivity contribution in [2.45, 2.75) is 19.3 Å². The van der Waals surface area contributed by atoms with Crippen LogP contribution in [0.15, 0.2) is 29.5 Å². The van der Waals surface area contributed by atoms with E-state index in [4.69, 9.17) is 9.47 Å². The van der Waals surface area contributed by atoms with Crippen molar-refractivity contribution < 1.29 is 19.4 Å². The van der Waals surface area contributed by atoms with Gasteiger partial charge in [-0.15, -0.1) is 0 Å². The summed E-state index contributed by atoms with van der Waals surface area (Å²) in [5.41, 5.74) is 2.67. The van der Waals surface area contributed by atoms with E-state index in [-0.39, 0.29) is 11.8 Å². The summed E-state index contributed by atoms with van der Waals surface area (Å²) in [4.78, 5) is 32.7. The second kappa shape index (κ2) is 10.8. The maximum absolute atomic E-state index is 12.6. The molecule has 0 aliphatic carbocycles. The molecular formula is C25H31N7O4. The molecule has 1 fully saturated rings. The molecule has 2 aromatic heterocycles. The fourth-order valence-electron chi connectivity index (χ4n) is 4.41. The van der Waals surface area contributed by atoms with Crippen molar-refractivity contribution in [1.82, 2.24) is 19.9 Å². The summed E-state index contributed by atoms with van der Waals surface area (Å²) in [7, 11) is 1.80. The Labute approximate surface area is 209 Å². The molecule has 190 valence electrons. The van der Waals surface area contributed by atoms with E-state index in [0.717, 1.165) is 37.4 Å². The number of carbonyl (C=O) groups excluding carboxylic acids is 1. The van der Waals surface area contributed by atoms with Gasteiger partial charge in [0, 0.05) is 51.9 Å². The molecule has 1 aromatic carbocycles. The number of nitrogens with zero attached hydrogens (tertiary/aromatic N) is 5. The van der Waals surface area contributed by atoms with Crippen LogP contribution in [0.1, 0.15) is 24.8 Å². The number of rotatable bonds is 1. The van der Waals surface area contributed by atoms with Crippen molar-refractivity contribution in [3.05, 3.63) is 30.1 Å². The average Bonchev–Trinajstić information content (AvgIpc) is 3.22. The van der Waals surface area contributed by atoms with Crippen molar-refractivity contribution in [1.29, 1.82) is 0 Å². The van der Waals surface area contributed by atoms with Crippen LogP contribution in [0.25, 0.3) is 11.0 Å². The molecule has 1 saturated heterocycles. The van der Waals surface area contributed by atoms with E-state index in [0.29, 0.717) is 67.4 Å². The minimum absolute atomic E-state index is 0.0413. The molecule has 11 heteroatoms. The largest absolute Gasteiger partial charge is 0.494 e. The highest BCUT2D eigenvalue weighted by Gasteiger charge is 2.18. The minimum Gasteiger partial charge on any atom is -0.494 e. The van der Waals surface area contributed by atoms with Gasteiger partial charge in [-0.2, -0.15) is 0 Å². The number of anilines is 2. The molecule has 2 aliphatic rings. The fraction of sp³-hybridized carbons (Fsp3) is 0.440. The number of likely N-dealkylation sites (N-methyl/N-ethyl adjacent to an activating group) is 1. The van der Waals surface area contributed by atoms with Crippen LogP contribution >= 0.6 is 0 Å². The fourth-order valence-corrected chi connectivity index (χ4v) is 4.41. The first-order valence-electron chi connectivity index (χ1n) is 12.3. The van der Waals surface area contributed by atoms with Gasteiger partial charge in [-0.1, -0.05) is 0 Å². The zero-order chi connectivity index (χ0) is 24.9. The van der Waals surface area contributed by atoms with E-state index < -0.39 is 0 Å². The summed E-state index contributed by atoms with van der Waals surface area (Å²) in [5.74, 6) is 1.35. The highest BCUT2D eigenvalue weighted by molar-refractivity contribution is 6.06. The normalized spacial score (nSPS) is 17.9. The van der Waals surface area contributed by atoms with Gasteiger partial charge in [0.15, 0.2) is 5.88 Å². The molecule has 2 aliphatic heterocycles. The Balaban J connectivity index is 1.51. The van der Waals surface area contributed by atoms with Gasteiger partial charge < -0.3 is 34.7 Å². The van der Waals surface area contributed by atoms with Crippen molar-refractivity contribution in [2.24, 2.45) is 4.99 Å². The first-order valence-corrected chi connectivity index (χ1v) is 12.3. The molecule has 3 aromatic rings. The van der Waals surface area contributed by atoms with Gasteiger partial charge in [0.1, 0.15) is 23.5 Å². The van der Waals surface area contributed by atoms with E-state index >= 15 is 0 Å². The van der Waals surface area contributed by atoms with Gasteiger partial charge in [0.05, 0.1) is 42.1 Å². The molecule has 5 rings (SSSR count). The summed E-state index contributed by atoms with van der Waals surface area (Å²) in [6.07, 6.45) is 5.02. The summed E-state index contributed by atoms with van der Waals surface area (Å²) in [6, 6.07) is 5.85. The number of ether oxygens (including phenoxy) is 2. The molecule has 3 N–H and O–H groups in total. The SMILES string of the molecule is CN1CCNc2ncnc3[nH]c(O)c(c23)C=Nc2ccc(N3CCOCC3)c(c2)OCCCCC1=O. The second-order valence-electron chi connectivity index (χ2n) is 8.89. The Hall–Kier alpha value is -3.86. The van der Waals surface area contributed by atoms with Crippen molar-refractivity contribution >= 4 is 40.3 Å². The number of hydrogen-bond donors (Lipinski definition) is 3. The zero-order valence-electron chi connectivity index (χ0n) is 20.4. The maximum Gasteiger partial charge on any atom is 0.222 e. The molecule has 2 bridgehead atoms. The number of carbonyl (C=O) groups is 1. The average molecular weight is 494 g/mol. The van der Waals surface area contributed by atoms with Gasteiger partial charge in [-0.05, 0) is 25.0 Å². The zero-order valence-corrected chi connectivity index (χ0v) is 20.4. The van der Waals surface area contributed by atoms with Crippen LogP contribution in [0.5, 0.6) is 11.6 Å². The third-order valence-corrected chi connectivity index (χ3v) is 6.45. The molecule has 1 amide bonds. The van der Waals surface area contributed by atoms with Gasteiger partial charge in [-0.25, -0.2) is 9.97 Å². The van der Waals surface area contributed by atoms with Gasteiger partial charge >= 0.3 is 0 Å². The summed E-state index contributed by atoms with van der Waals surface area (Å²) in [5, 5.41) is 14.5. The smallest absolute Gasteiger partial charge is 0.222 e. The summed E-state index contributed by atoms with van der Waals surface area (Å²) in [6.45, 7) is 4.46. The van der Waals surface area contributed by atoms with E-state index in [1.54, 1.807) is 18.2 Å². The monoisotopic (exact) mass is 493 g/mol. The predicted octanol–water partition coefficient (Wildman–Crippen LogP) is 2.68. The molecule has 0 saturated carbocycles. The number of benzene rings is 1. The lowest BCUT2D eigenvalue weighted by Gasteiger charge is -2.30. The first kappa shape index (κ1) is 23.9. The van der Waals surface area contributed by atoms with Crippen LogP contribution in [0.3, 0.4) is 0 Å². The van der Waals surface area contributed by atoms with Crippen LogP contribution in [0, 0.1) is 0 Å². The number of amides is 1. The number of hydrogen-bond acceptors (Lipinski definition) is 9. The summed E-state index contributed by atoms with van der Waals surface area (Å²) < 4.78 is 11.7. The highest BCUT2D eigenvalue weighted by Crippen LogP contribution is 2.34. The van der Waals surface area contributed by atoms with E-state index in [1.165, 1.54) is 6.33 Å². The Morgan fingerprint density at radius 1 is 1.08 bits per heavy atom. The van der Waals surface area contributed by atoms with Crippen molar-refractivity contribution in [3.63, 3.8) is 0 Å². The molecule has 0 radical (unpaired) electrons. The first-order chi connectivity index (χ1) is 17.6. The number of morpholine rings is 1. The Bertz CT molecular complexity index is 1250. The highest BCUT2D eigenvalue weighted by atomic mass is 16.5. The number of aliphatic imine (C=N–C) groups is 1. The molecule has 4 heterocycles. The molecule has 11 nitrogen and oxygen atoms in total. The second-order valence-corrected chi connectivity index (χ2v) is 8.89. The van der Waals surface area contributed by atoms with E-state index in [1.807, 2.05) is 18.2 Å². The molecule has 0 unspecified atom stereocenters. The van der Waals surface area contributed by atoms with Crippen LogP contribution in [-0.4, -0.2) is 90.1 Å². The van der Waals surface area contributed by atoms with Crippen LogP contribution in [0.2, 0.25) is 0 Å². The standard InChI is InChI=1S/C25H31N7O4/c1-31-8-7-26-23-22-18(25(34)30-24(22)29-16-28-23)15-27-17-5-6-19(32-9-12-35-13-10-32)20(14-17)36-11-3-2-4-21(31)33/h5-6,14-16,34H,2-4,7-13H2,1H3,(H2,26,28,29,30). The van der Waals surface area contributed by atoms with E-state index in [2.05, 4.69) is 30.2 Å². The van der Waals surface area contributed by atoms with Crippen LogP contribution < -0.4 is 15.0 Å². The lowest BCUT2D eigenvalue weighted by atomic mass is 10.2. The van der Waals surface area contributed by atoms with Crippen molar-refractivity contribution in [2.75, 3.05) is 63.3 Å². The minimum atomic E-state index is -0.0413. The number of fused-ring (bicyclic) bond motifs is 2. The third kappa shape index (κ3) is 5.20. The maximum atomic E-state index is 12.6. The molecule has 0 spiro atoms. The molecule has 0 atom stereocenters. The third-order valence-electron chi connectivity index (χ3n) is 6.45. The topological polar surface area (TPSA) is 128 Å². The lowest BCUT2D eigenvalue weighted by Crippen LogP contribution is -2.36. The predicted molar refractivity (Wildman–Crippen MR) is 138 cm³/mol. The Kier molecular flexibility index (Phi) is 7.17. The number of aromatic nitrogens is 3. The van der Waals surface area contributed by atoms with Gasteiger partial charge in [0.2, 0.25) is 5.91 Å². The van der Waals surface area contributed by atoms with Crippen LogP contribution in [0.4, 0.5) is 17.2 Å². The Morgan fingerprint density at radius 3 is 2.81 bits per heavy atom. The number of aromatic hydroxyl groups is 1. The van der Waals surface area contributed by atoms with Gasteiger partial charge in [-0.3, -0.25) is 9.79 Å². The van der Waals surface area contributed by atoms with Crippen LogP contribution in [-0.2, 0) is 9.53 Å². The van der Waals surface area contributed by atoms with Crippen molar-refractivity contribution in [3.8, 4) is 11.6 Å². The van der Waals surface area contributed by atoms with Gasteiger partial charge in [0.25, 0.3) is 0 Å². The number of nitrogens with one attached hydrogen (secondary N) is 2. The van der Waals surface area contributed by atoms with E-state index in [9.17, 15) is 9.90 Å². The molecular weight excluding hydrogens is 462 g/mol. The molecule has 36 heavy (non-hydrogen) atoms. The quantitative estimate of drug-likeness (QED) is 0.472. The Morgan fingerprint density at radius 2 is 1.94 bits per heavy atom.